The van der Waals surface area contributed by atoms with Crippen LogP contribution in [0.2, 0.25) is 0 Å². The molecule has 3 aromatic rings. The lowest BCUT2D eigenvalue weighted by Gasteiger charge is -2.27. The van der Waals surface area contributed by atoms with Gasteiger partial charge < -0.3 is 14.7 Å². The lowest BCUT2D eigenvalue weighted by Crippen LogP contribution is -2.28. The lowest BCUT2D eigenvalue weighted by molar-refractivity contribution is -0.437. The van der Waals surface area contributed by atoms with E-state index >= 15 is 0 Å². The molecule has 0 amide bonds. The number of anilines is 1. The Morgan fingerprint density at radius 2 is 1.58 bits per heavy atom. The second-order valence-electron chi connectivity index (χ2n) is 14.9. The Kier molecular flexibility index (Phi) is 10.3. The predicted molar refractivity (Wildman–Crippen MR) is 206 cm³/mol. The first-order valence-electron chi connectivity index (χ1n) is 18.5. The molecule has 0 radical (unpaired) electrons. The van der Waals surface area contributed by atoms with Crippen LogP contribution in [-0.2, 0) is 22.0 Å². The number of hydrogen-bond acceptors (Lipinski definition) is 3. The van der Waals surface area contributed by atoms with E-state index in [2.05, 4.69) is 124 Å². The molecule has 0 saturated carbocycles. The van der Waals surface area contributed by atoms with E-state index in [-0.39, 0.29) is 17.3 Å². The molecule has 2 aliphatic heterocycles. The fraction of sp³-hybridized carbons (Fsp3) is 0.378. The number of carboxylic acid groups (broad SMARTS) is 1. The molecule has 5 nitrogen and oxygen atoms in total. The van der Waals surface area contributed by atoms with E-state index in [4.69, 9.17) is 9.84 Å². The van der Waals surface area contributed by atoms with Crippen LogP contribution in [0.15, 0.2) is 120 Å². The summed E-state index contributed by atoms with van der Waals surface area (Å²) in [6, 6.07) is 25.6. The number of rotatable bonds is 12. The van der Waals surface area contributed by atoms with E-state index < -0.39 is 5.97 Å². The van der Waals surface area contributed by atoms with Crippen LogP contribution in [0, 0.1) is 0 Å². The van der Waals surface area contributed by atoms with E-state index in [0.29, 0.717) is 6.42 Å². The number of aryl methyl sites for hydroxylation is 1. The standard InChI is InChI=1S/C45H52N2O3/c1-7-30-46-38-18-11-9-16-36(38)44(3,4)40(46)27-23-33-14-13-15-34(43(33)50-35-25-20-32(21-26-35)22-29-42(48)49)24-28-41-45(5,6)37-17-10-12-19-39(37)47(41)31-8-2/h9-12,16-21,23-28H,7-8,13-15,22,29-31H2,1-6H3/p+1. The van der Waals surface area contributed by atoms with Gasteiger partial charge in [0, 0.05) is 53.9 Å². The summed E-state index contributed by atoms with van der Waals surface area (Å²) in [7, 11) is 0. The zero-order valence-electron chi connectivity index (χ0n) is 30.8. The molecule has 5 heteroatoms. The summed E-state index contributed by atoms with van der Waals surface area (Å²) >= 11 is 0. The Hall–Kier alpha value is -4.64. The molecule has 6 rings (SSSR count). The van der Waals surface area contributed by atoms with Crippen molar-refractivity contribution in [1.82, 2.24) is 0 Å². The molecular weight excluding hydrogens is 617 g/mol. The number of para-hydroxylation sites is 2. The molecule has 3 aliphatic rings. The number of carbonyl (C=O) groups is 1. The van der Waals surface area contributed by atoms with Crippen LogP contribution >= 0.6 is 0 Å². The van der Waals surface area contributed by atoms with Crippen molar-refractivity contribution < 1.29 is 19.2 Å². The summed E-state index contributed by atoms with van der Waals surface area (Å²) in [5.74, 6) is 0.905. The Balaban J connectivity index is 1.42. The number of aliphatic carboxylic acids is 1. The lowest BCUT2D eigenvalue weighted by atomic mass is 9.81. The average Bonchev–Trinajstić information content (AvgIpc) is 3.45. The highest BCUT2D eigenvalue weighted by Crippen LogP contribution is 2.48. The predicted octanol–water partition coefficient (Wildman–Crippen LogP) is 10.6. The fourth-order valence-electron chi connectivity index (χ4n) is 8.02. The first kappa shape index (κ1) is 35.2. The topological polar surface area (TPSA) is 52.8 Å². The molecule has 0 bridgehead atoms. The van der Waals surface area contributed by atoms with Gasteiger partial charge in [-0.2, -0.15) is 4.58 Å². The number of allylic oxidation sites excluding steroid dienone is 7. The maximum atomic E-state index is 11.2. The Morgan fingerprint density at radius 3 is 2.30 bits per heavy atom. The maximum absolute atomic E-state index is 11.2. The highest BCUT2D eigenvalue weighted by molar-refractivity contribution is 6.03. The molecule has 0 spiro atoms. The van der Waals surface area contributed by atoms with E-state index in [9.17, 15) is 4.79 Å². The van der Waals surface area contributed by atoms with Crippen molar-refractivity contribution in [1.29, 1.82) is 0 Å². The molecule has 1 N–H and O–H groups in total. The molecular formula is C45H53N2O3+. The van der Waals surface area contributed by atoms with Crippen LogP contribution < -0.4 is 9.64 Å². The second kappa shape index (κ2) is 14.7. The number of carboxylic acids is 1. The summed E-state index contributed by atoms with van der Waals surface area (Å²) < 4.78 is 9.34. The van der Waals surface area contributed by atoms with Gasteiger partial charge in [-0.25, -0.2) is 0 Å². The van der Waals surface area contributed by atoms with Crippen molar-refractivity contribution in [2.75, 3.05) is 18.0 Å². The third kappa shape index (κ3) is 6.88. The van der Waals surface area contributed by atoms with Gasteiger partial charge in [0.15, 0.2) is 5.71 Å². The van der Waals surface area contributed by atoms with Gasteiger partial charge in [0.1, 0.15) is 18.1 Å². The first-order valence-corrected chi connectivity index (χ1v) is 18.5. The van der Waals surface area contributed by atoms with Crippen molar-refractivity contribution in [2.24, 2.45) is 0 Å². The molecule has 0 saturated heterocycles. The molecule has 0 fully saturated rings. The first-order chi connectivity index (χ1) is 24.1. The molecule has 50 heavy (non-hydrogen) atoms. The minimum absolute atomic E-state index is 0.112. The number of nitrogens with zero attached hydrogens (tertiary/aromatic N) is 2. The quantitative estimate of drug-likeness (QED) is 0.195. The smallest absolute Gasteiger partial charge is 0.303 e. The Morgan fingerprint density at radius 1 is 0.860 bits per heavy atom. The largest absolute Gasteiger partial charge is 0.481 e. The van der Waals surface area contributed by atoms with E-state index in [1.165, 1.54) is 45.1 Å². The molecule has 1 aliphatic carbocycles. The summed E-state index contributed by atoms with van der Waals surface area (Å²) in [6.07, 6.45) is 15.0. The van der Waals surface area contributed by atoms with Crippen LogP contribution in [-0.4, -0.2) is 34.5 Å². The van der Waals surface area contributed by atoms with Crippen LogP contribution in [0.3, 0.4) is 0 Å². The molecule has 0 atom stereocenters. The van der Waals surface area contributed by atoms with Crippen molar-refractivity contribution in [3.8, 4) is 5.75 Å². The summed E-state index contributed by atoms with van der Waals surface area (Å²) in [5, 5.41) is 9.17. The summed E-state index contributed by atoms with van der Waals surface area (Å²) in [5.41, 5.74) is 11.1. The number of ether oxygens (including phenoxy) is 1. The van der Waals surface area contributed by atoms with Gasteiger partial charge in [0.2, 0.25) is 5.69 Å². The third-order valence-electron chi connectivity index (χ3n) is 10.6. The van der Waals surface area contributed by atoms with Gasteiger partial charge in [-0.3, -0.25) is 4.79 Å². The van der Waals surface area contributed by atoms with E-state index in [0.717, 1.165) is 62.3 Å². The SMILES string of the molecule is CCCN1C(=CC=C2CCCC(C=CC3=[N+](CCC)c4ccccc4C3(C)C)=C2Oc2ccc(CCC(=O)O)cc2)C(C)(C)c2ccccc21. The van der Waals surface area contributed by atoms with Crippen LogP contribution in [0.25, 0.3) is 0 Å². The van der Waals surface area contributed by atoms with Crippen molar-refractivity contribution >= 4 is 23.1 Å². The second-order valence-corrected chi connectivity index (χ2v) is 14.9. The van der Waals surface area contributed by atoms with Crippen molar-refractivity contribution in [3.05, 3.63) is 136 Å². The van der Waals surface area contributed by atoms with Gasteiger partial charge in [-0.05, 0) is 98.6 Å². The molecule has 0 aromatic heterocycles. The summed E-state index contributed by atoms with van der Waals surface area (Å²) in [6.45, 7) is 15.8. The third-order valence-corrected chi connectivity index (χ3v) is 10.6. The van der Waals surface area contributed by atoms with Crippen molar-refractivity contribution in [2.45, 2.75) is 97.3 Å². The van der Waals surface area contributed by atoms with E-state index in [1.54, 1.807) is 0 Å². The highest BCUT2D eigenvalue weighted by Gasteiger charge is 2.44. The van der Waals surface area contributed by atoms with Crippen LogP contribution in [0.5, 0.6) is 5.75 Å². The number of fused-ring (bicyclic) bond motifs is 2. The van der Waals surface area contributed by atoms with Gasteiger partial charge in [-0.15, -0.1) is 0 Å². The Bertz CT molecular complexity index is 1900. The van der Waals surface area contributed by atoms with Gasteiger partial charge in [0.05, 0.1) is 5.41 Å². The zero-order valence-corrected chi connectivity index (χ0v) is 30.8. The average molecular weight is 670 g/mol. The highest BCUT2D eigenvalue weighted by atomic mass is 16.5. The van der Waals surface area contributed by atoms with Gasteiger partial charge >= 0.3 is 5.97 Å². The molecule has 0 unspecified atom stereocenters. The van der Waals surface area contributed by atoms with Crippen LogP contribution in [0.4, 0.5) is 11.4 Å². The maximum Gasteiger partial charge on any atom is 0.303 e. The minimum Gasteiger partial charge on any atom is -0.481 e. The minimum atomic E-state index is -0.784. The van der Waals surface area contributed by atoms with Gasteiger partial charge in [0.25, 0.3) is 0 Å². The Labute approximate surface area is 299 Å². The van der Waals surface area contributed by atoms with E-state index in [1.807, 2.05) is 24.3 Å². The number of benzene rings is 3. The monoisotopic (exact) mass is 669 g/mol. The summed E-state index contributed by atoms with van der Waals surface area (Å²) in [4.78, 5) is 13.6. The molecule has 2 heterocycles. The fourth-order valence-corrected chi connectivity index (χ4v) is 8.02. The van der Waals surface area contributed by atoms with Crippen LogP contribution in [0.1, 0.15) is 96.8 Å². The zero-order chi connectivity index (χ0) is 35.5. The number of hydrogen-bond donors (Lipinski definition) is 1. The van der Waals surface area contributed by atoms with Crippen molar-refractivity contribution in [3.63, 3.8) is 0 Å². The van der Waals surface area contributed by atoms with Gasteiger partial charge in [-0.1, -0.05) is 82.3 Å². The normalized spacial score (nSPS) is 19.5. The molecule has 260 valence electrons. The molecule has 3 aromatic carbocycles.